The normalized spacial score (nSPS) is 9.38. The fourth-order valence-electron chi connectivity index (χ4n) is 0.821. The van der Waals surface area contributed by atoms with Crippen molar-refractivity contribution in [1.29, 1.82) is 0 Å². The molecule has 2 N–H and O–H groups in total. The molecule has 0 aromatic heterocycles. The van der Waals surface area contributed by atoms with Crippen molar-refractivity contribution in [2.75, 3.05) is 7.05 Å². The number of hydrogen-bond acceptors (Lipinski definition) is 3. The molecular weight excluding hydrogens is 170 g/mol. The molecule has 0 aliphatic carbocycles. The van der Waals surface area contributed by atoms with E-state index in [2.05, 4.69) is 5.32 Å². The molecular formula is C9H11NO3. The van der Waals surface area contributed by atoms with Crippen LogP contribution in [0.15, 0.2) is 24.3 Å². The van der Waals surface area contributed by atoms with E-state index in [1.807, 2.05) is 0 Å². The van der Waals surface area contributed by atoms with Gasteiger partial charge in [-0.15, -0.1) is 0 Å². The molecule has 1 amide bonds. The topological polar surface area (TPSA) is 58.6 Å². The number of amides is 1. The minimum absolute atomic E-state index is 0.0136. The summed E-state index contributed by atoms with van der Waals surface area (Å²) in [6, 6.07) is 6.64. The number of benzene rings is 1. The lowest BCUT2D eigenvalue weighted by Gasteiger charge is -2.03. The summed E-state index contributed by atoms with van der Waals surface area (Å²) in [5.41, 5.74) is 0.782. The lowest BCUT2D eigenvalue weighted by molar-refractivity contribution is 0.203. The fraction of sp³-hybridized carbons (Fsp3) is 0.222. The second kappa shape index (κ2) is 4.47. The summed E-state index contributed by atoms with van der Waals surface area (Å²) in [5, 5.41) is 11.1. The van der Waals surface area contributed by atoms with E-state index in [0.29, 0.717) is 5.75 Å². The molecule has 13 heavy (non-hydrogen) atoms. The number of aliphatic hydroxyl groups is 1. The van der Waals surface area contributed by atoms with E-state index < -0.39 is 6.09 Å². The Morgan fingerprint density at radius 1 is 1.46 bits per heavy atom. The van der Waals surface area contributed by atoms with E-state index in [4.69, 9.17) is 9.84 Å². The van der Waals surface area contributed by atoms with E-state index in [9.17, 15) is 4.79 Å². The first-order valence-corrected chi connectivity index (χ1v) is 3.85. The van der Waals surface area contributed by atoms with Crippen LogP contribution in [0.25, 0.3) is 0 Å². The SMILES string of the molecule is CNC(=O)Oc1ccc(CO)cc1. The first kappa shape index (κ1) is 9.54. The van der Waals surface area contributed by atoms with Crippen LogP contribution in [0.4, 0.5) is 4.79 Å². The molecule has 0 aliphatic rings. The Hall–Kier alpha value is -1.55. The van der Waals surface area contributed by atoms with Gasteiger partial charge in [-0.25, -0.2) is 4.79 Å². The summed E-state index contributed by atoms with van der Waals surface area (Å²) < 4.78 is 4.83. The van der Waals surface area contributed by atoms with Gasteiger partial charge >= 0.3 is 6.09 Å². The largest absolute Gasteiger partial charge is 0.412 e. The number of hydrogen-bond donors (Lipinski definition) is 2. The maximum atomic E-state index is 10.8. The Bertz CT molecular complexity index is 281. The van der Waals surface area contributed by atoms with Gasteiger partial charge in [0.05, 0.1) is 6.61 Å². The lowest BCUT2D eigenvalue weighted by atomic mass is 10.2. The Morgan fingerprint density at radius 2 is 2.08 bits per heavy atom. The molecule has 0 saturated heterocycles. The second-order valence-corrected chi connectivity index (χ2v) is 2.44. The summed E-state index contributed by atoms with van der Waals surface area (Å²) in [6.45, 7) is -0.0136. The molecule has 1 rings (SSSR count). The zero-order chi connectivity index (χ0) is 9.68. The Morgan fingerprint density at radius 3 is 2.54 bits per heavy atom. The predicted octanol–water partition coefficient (Wildman–Crippen LogP) is 0.897. The molecule has 4 heteroatoms. The highest BCUT2D eigenvalue weighted by Crippen LogP contribution is 2.11. The number of ether oxygens (including phenoxy) is 1. The minimum atomic E-state index is -0.503. The third-order valence-corrected chi connectivity index (χ3v) is 1.52. The number of carbonyl (C=O) groups excluding carboxylic acids is 1. The average molecular weight is 181 g/mol. The van der Waals surface area contributed by atoms with E-state index >= 15 is 0 Å². The summed E-state index contributed by atoms with van der Waals surface area (Å²) in [6.07, 6.45) is -0.503. The molecule has 0 atom stereocenters. The van der Waals surface area contributed by atoms with Crippen molar-refractivity contribution in [3.8, 4) is 5.75 Å². The van der Waals surface area contributed by atoms with Gasteiger partial charge in [0.15, 0.2) is 0 Å². The van der Waals surface area contributed by atoms with Gasteiger partial charge in [-0.05, 0) is 17.7 Å². The van der Waals surface area contributed by atoms with Crippen LogP contribution in [0.2, 0.25) is 0 Å². The molecule has 0 radical (unpaired) electrons. The fourth-order valence-corrected chi connectivity index (χ4v) is 0.821. The Balaban J connectivity index is 2.64. The maximum absolute atomic E-state index is 10.8. The van der Waals surface area contributed by atoms with Gasteiger partial charge in [0.25, 0.3) is 0 Å². The molecule has 70 valence electrons. The van der Waals surface area contributed by atoms with Crippen molar-refractivity contribution in [2.24, 2.45) is 0 Å². The summed E-state index contributed by atoms with van der Waals surface area (Å²) in [5.74, 6) is 0.455. The van der Waals surface area contributed by atoms with Crippen LogP contribution in [0.5, 0.6) is 5.75 Å². The van der Waals surface area contributed by atoms with Crippen molar-refractivity contribution >= 4 is 6.09 Å². The van der Waals surface area contributed by atoms with Gasteiger partial charge in [0.2, 0.25) is 0 Å². The van der Waals surface area contributed by atoms with Gasteiger partial charge in [0.1, 0.15) is 5.75 Å². The van der Waals surface area contributed by atoms with Gasteiger partial charge in [-0.2, -0.15) is 0 Å². The van der Waals surface area contributed by atoms with E-state index in [1.54, 1.807) is 24.3 Å². The van der Waals surface area contributed by atoms with E-state index in [0.717, 1.165) is 5.56 Å². The zero-order valence-corrected chi connectivity index (χ0v) is 7.28. The summed E-state index contributed by atoms with van der Waals surface area (Å²) in [7, 11) is 1.49. The molecule has 0 heterocycles. The molecule has 0 bridgehead atoms. The quantitative estimate of drug-likeness (QED) is 0.712. The summed E-state index contributed by atoms with van der Waals surface area (Å²) >= 11 is 0. The van der Waals surface area contributed by atoms with Gasteiger partial charge in [-0.1, -0.05) is 12.1 Å². The van der Waals surface area contributed by atoms with Crippen LogP contribution < -0.4 is 10.1 Å². The molecule has 4 nitrogen and oxygen atoms in total. The van der Waals surface area contributed by atoms with Crippen molar-refractivity contribution in [2.45, 2.75) is 6.61 Å². The van der Waals surface area contributed by atoms with E-state index in [-0.39, 0.29) is 6.61 Å². The third-order valence-electron chi connectivity index (χ3n) is 1.52. The highest BCUT2D eigenvalue weighted by Gasteiger charge is 1.99. The van der Waals surface area contributed by atoms with Crippen molar-refractivity contribution in [3.63, 3.8) is 0 Å². The second-order valence-electron chi connectivity index (χ2n) is 2.44. The molecule has 0 unspecified atom stereocenters. The predicted molar refractivity (Wildman–Crippen MR) is 47.4 cm³/mol. The van der Waals surface area contributed by atoms with Crippen LogP contribution >= 0.6 is 0 Å². The lowest BCUT2D eigenvalue weighted by Crippen LogP contribution is -2.21. The molecule has 1 aromatic carbocycles. The number of carbonyl (C=O) groups is 1. The Kier molecular flexibility index (Phi) is 3.28. The highest BCUT2D eigenvalue weighted by molar-refractivity contribution is 5.69. The van der Waals surface area contributed by atoms with E-state index in [1.165, 1.54) is 7.05 Å². The highest BCUT2D eigenvalue weighted by atomic mass is 16.5. The molecule has 0 saturated carbocycles. The first-order valence-electron chi connectivity index (χ1n) is 3.85. The maximum Gasteiger partial charge on any atom is 0.412 e. The Labute approximate surface area is 76.1 Å². The van der Waals surface area contributed by atoms with Crippen LogP contribution in [0.1, 0.15) is 5.56 Å². The van der Waals surface area contributed by atoms with Crippen LogP contribution in [-0.4, -0.2) is 18.2 Å². The third kappa shape index (κ3) is 2.76. The first-order chi connectivity index (χ1) is 6.26. The van der Waals surface area contributed by atoms with Crippen LogP contribution in [0.3, 0.4) is 0 Å². The molecule has 0 fully saturated rings. The number of nitrogens with one attached hydrogen (secondary N) is 1. The smallest absolute Gasteiger partial charge is 0.410 e. The minimum Gasteiger partial charge on any atom is -0.410 e. The van der Waals surface area contributed by atoms with Gasteiger partial charge in [-0.3, -0.25) is 0 Å². The van der Waals surface area contributed by atoms with Gasteiger partial charge < -0.3 is 15.2 Å². The van der Waals surface area contributed by atoms with Crippen LogP contribution in [-0.2, 0) is 6.61 Å². The number of aliphatic hydroxyl groups excluding tert-OH is 1. The number of rotatable bonds is 2. The van der Waals surface area contributed by atoms with Crippen LogP contribution in [0, 0.1) is 0 Å². The monoisotopic (exact) mass is 181 g/mol. The van der Waals surface area contributed by atoms with Crippen molar-refractivity contribution < 1.29 is 14.6 Å². The van der Waals surface area contributed by atoms with Crippen molar-refractivity contribution in [3.05, 3.63) is 29.8 Å². The average Bonchev–Trinajstić information content (AvgIpc) is 2.19. The summed E-state index contributed by atoms with van der Waals surface area (Å²) in [4.78, 5) is 10.8. The van der Waals surface area contributed by atoms with Gasteiger partial charge in [0, 0.05) is 7.05 Å². The zero-order valence-electron chi connectivity index (χ0n) is 7.28. The van der Waals surface area contributed by atoms with Crippen molar-refractivity contribution in [1.82, 2.24) is 5.32 Å². The standard InChI is InChI=1S/C9H11NO3/c1-10-9(12)13-8-4-2-7(6-11)3-5-8/h2-5,11H,6H2,1H3,(H,10,12). The molecule has 1 aromatic rings. The molecule has 0 spiro atoms. The molecule has 0 aliphatic heterocycles.